The number of aromatic nitrogens is 2. The summed E-state index contributed by atoms with van der Waals surface area (Å²) in [5, 5.41) is 14.2. The Morgan fingerprint density at radius 1 is 1.65 bits per heavy atom. The molecule has 0 aromatic carbocycles. The van der Waals surface area contributed by atoms with Gasteiger partial charge in [-0.15, -0.1) is 0 Å². The van der Waals surface area contributed by atoms with Gasteiger partial charge in [0.05, 0.1) is 11.1 Å². The van der Waals surface area contributed by atoms with Crippen molar-refractivity contribution in [3.05, 3.63) is 16.4 Å². The van der Waals surface area contributed by atoms with E-state index in [0.717, 1.165) is 24.1 Å². The van der Waals surface area contributed by atoms with Gasteiger partial charge in [0, 0.05) is 12.6 Å². The first-order chi connectivity index (χ1) is 7.86. The van der Waals surface area contributed by atoms with Crippen LogP contribution in [0.4, 0.5) is 0 Å². The van der Waals surface area contributed by atoms with Gasteiger partial charge in [-0.1, -0.05) is 11.6 Å². The molecule has 0 bridgehead atoms. The van der Waals surface area contributed by atoms with E-state index in [1.54, 1.807) is 11.7 Å². The SMILES string of the molecule is Cc1nn(C)c(Cl)c1CC(C)(C(=O)O)C1CC1. The Labute approximate surface area is 106 Å². The number of halogens is 1. The Morgan fingerprint density at radius 3 is 2.59 bits per heavy atom. The standard InChI is InChI=1S/C12H17ClN2O2/c1-7-9(10(13)15(3)14-7)6-12(2,11(16)17)8-4-5-8/h8H,4-6H2,1-3H3,(H,16,17). The minimum absolute atomic E-state index is 0.274. The van der Waals surface area contributed by atoms with Gasteiger partial charge in [0.25, 0.3) is 0 Å². The molecule has 0 aliphatic heterocycles. The minimum atomic E-state index is -0.737. The van der Waals surface area contributed by atoms with E-state index in [2.05, 4.69) is 5.10 Å². The topological polar surface area (TPSA) is 55.1 Å². The first kappa shape index (κ1) is 12.4. The number of aliphatic carboxylic acids is 1. The summed E-state index contributed by atoms with van der Waals surface area (Å²) < 4.78 is 1.60. The highest BCUT2D eigenvalue weighted by molar-refractivity contribution is 6.30. The van der Waals surface area contributed by atoms with Crippen LogP contribution in [-0.2, 0) is 18.3 Å². The summed E-state index contributed by atoms with van der Waals surface area (Å²) in [6.07, 6.45) is 2.46. The fourth-order valence-electron chi connectivity index (χ4n) is 2.36. The molecule has 0 amide bonds. The lowest BCUT2D eigenvalue weighted by Crippen LogP contribution is -2.32. The molecule has 1 aromatic heterocycles. The van der Waals surface area contributed by atoms with Crippen molar-refractivity contribution in [2.24, 2.45) is 18.4 Å². The molecule has 2 rings (SSSR count). The van der Waals surface area contributed by atoms with Crippen molar-refractivity contribution < 1.29 is 9.90 Å². The van der Waals surface area contributed by atoms with Gasteiger partial charge in [-0.05, 0) is 39.0 Å². The van der Waals surface area contributed by atoms with Gasteiger partial charge >= 0.3 is 5.97 Å². The third-order valence-corrected chi connectivity index (χ3v) is 4.25. The average Bonchev–Trinajstić information content (AvgIpc) is 3.04. The normalized spacial score (nSPS) is 19.1. The fraction of sp³-hybridized carbons (Fsp3) is 0.667. The van der Waals surface area contributed by atoms with Crippen LogP contribution in [0.3, 0.4) is 0 Å². The molecule has 1 N–H and O–H groups in total. The molecule has 94 valence electrons. The third kappa shape index (κ3) is 2.06. The summed E-state index contributed by atoms with van der Waals surface area (Å²) in [6, 6.07) is 0. The fourth-order valence-corrected chi connectivity index (χ4v) is 2.60. The number of carboxylic acids is 1. The molecule has 1 aromatic rings. The maximum atomic E-state index is 11.5. The summed E-state index contributed by atoms with van der Waals surface area (Å²) in [7, 11) is 1.77. The molecule has 17 heavy (non-hydrogen) atoms. The summed E-state index contributed by atoms with van der Waals surface area (Å²) in [5.41, 5.74) is 0.980. The smallest absolute Gasteiger partial charge is 0.309 e. The molecule has 1 aliphatic carbocycles. The number of carboxylic acid groups (broad SMARTS) is 1. The van der Waals surface area contributed by atoms with Crippen molar-refractivity contribution >= 4 is 17.6 Å². The number of hydrogen-bond donors (Lipinski definition) is 1. The Balaban J connectivity index is 2.32. The zero-order valence-electron chi connectivity index (χ0n) is 10.3. The van der Waals surface area contributed by atoms with Crippen LogP contribution in [0.2, 0.25) is 5.15 Å². The highest BCUT2D eigenvalue weighted by Gasteiger charge is 2.48. The van der Waals surface area contributed by atoms with Crippen molar-refractivity contribution in [2.75, 3.05) is 0 Å². The van der Waals surface area contributed by atoms with Crippen LogP contribution >= 0.6 is 11.6 Å². The Hall–Kier alpha value is -1.03. The van der Waals surface area contributed by atoms with Crippen LogP contribution in [0.1, 0.15) is 31.0 Å². The van der Waals surface area contributed by atoms with E-state index in [-0.39, 0.29) is 5.92 Å². The number of rotatable bonds is 4. The van der Waals surface area contributed by atoms with Crippen LogP contribution in [0.25, 0.3) is 0 Å². The average molecular weight is 257 g/mol. The summed E-state index contributed by atoms with van der Waals surface area (Å²) >= 11 is 6.16. The second-order valence-electron chi connectivity index (χ2n) is 5.15. The zero-order chi connectivity index (χ0) is 12.8. The zero-order valence-corrected chi connectivity index (χ0v) is 11.1. The van der Waals surface area contributed by atoms with Gasteiger partial charge < -0.3 is 5.11 Å². The predicted molar refractivity (Wildman–Crippen MR) is 65.1 cm³/mol. The van der Waals surface area contributed by atoms with Gasteiger partial charge in [0.2, 0.25) is 0 Å². The molecule has 1 aliphatic rings. The number of aryl methyl sites for hydroxylation is 2. The summed E-state index contributed by atoms with van der Waals surface area (Å²) in [6.45, 7) is 3.69. The van der Waals surface area contributed by atoms with Gasteiger partial charge in [-0.25, -0.2) is 0 Å². The minimum Gasteiger partial charge on any atom is -0.481 e. The van der Waals surface area contributed by atoms with Gasteiger partial charge in [0.15, 0.2) is 0 Å². The maximum absolute atomic E-state index is 11.5. The molecule has 1 atom stereocenters. The van der Waals surface area contributed by atoms with E-state index >= 15 is 0 Å². The van der Waals surface area contributed by atoms with E-state index in [9.17, 15) is 9.90 Å². The predicted octanol–water partition coefficient (Wildman–Crippen LogP) is 2.43. The lowest BCUT2D eigenvalue weighted by molar-refractivity contribution is -0.149. The van der Waals surface area contributed by atoms with Crippen LogP contribution in [0.15, 0.2) is 0 Å². The first-order valence-corrected chi connectivity index (χ1v) is 6.15. The molecule has 1 unspecified atom stereocenters. The van der Waals surface area contributed by atoms with Crippen molar-refractivity contribution in [2.45, 2.75) is 33.1 Å². The van der Waals surface area contributed by atoms with Crippen molar-refractivity contribution in [3.63, 3.8) is 0 Å². The van der Waals surface area contributed by atoms with E-state index in [1.165, 1.54) is 0 Å². The van der Waals surface area contributed by atoms with E-state index in [4.69, 9.17) is 11.6 Å². The van der Waals surface area contributed by atoms with Crippen LogP contribution < -0.4 is 0 Å². The van der Waals surface area contributed by atoms with E-state index in [1.807, 2.05) is 13.8 Å². The second-order valence-corrected chi connectivity index (χ2v) is 5.51. The molecular formula is C12H17ClN2O2. The molecule has 4 nitrogen and oxygen atoms in total. The van der Waals surface area contributed by atoms with E-state index < -0.39 is 11.4 Å². The highest BCUT2D eigenvalue weighted by atomic mass is 35.5. The molecule has 0 saturated heterocycles. The van der Waals surface area contributed by atoms with Gasteiger partial charge in [0.1, 0.15) is 5.15 Å². The molecule has 0 spiro atoms. The quantitative estimate of drug-likeness (QED) is 0.900. The van der Waals surface area contributed by atoms with Crippen LogP contribution in [0.5, 0.6) is 0 Å². The molecule has 1 heterocycles. The van der Waals surface area contributed by atoms with Crippen LogP contribution in [-0.4, -0.2) is 20.9 Å². The molecule has 5 heteroatoms. The summed E-state index contributed by atoms with van der Waals surface area (Å²) in [4.78, 5) is 11.5. The number of hydrogen-bond acceptors (Lipinski definition) is 2. The lowest BCUT2D eigenvalue weighted by Gasteiger charge is -2.24. The number of nitrogens with zero attached hydrogens (tertiary/aromatic N) is 2. The first-order valence-electron chi connectivity index (χ1n) is 5.77. The van der Waals surface area contributed by atoms with Crippen LogP contribution in [0, 0.1) is 18.3 Å². The lowest BCUT2D eigenvalue weighted by atomic mass is 9.79. The molecule has 1 saturated carbocycles. The molecular weight excluding hydrogens is 240 g/mol. The van der Waals surface area contributed by atoms with Crippen molar-refractivity contribution in [3.8, 4) is 0 Å². The largest absolute Gasteiger partial charge is 0.481 e. The van der Waals surface area contributed by atoms with Crippen molar-refractivity contribution in [1.29, 1.82) is 0 Å². The summed E-state index contributed by atoms with van der Waals surface area (Å²) in [5.74, 6) is -0.463. The van der Waals surface area contributed by atoms with Gasteiger partial charge in [-0.2, -0.15) is 5.10 Å². The highest BCUT2D eigenvalue weighted by Crippen LogP contribution is 2.48. The number of carbonyl (C=O) groups is 1. The van der Waals surface area contributed by atoms with E-state index in [0.29, 0.717) is 11.6 Å². The monoisotopic (exact) mass is 256 g/mol. The Kier molecular flexibility index (Phi) is 2.94. The Morgan fingerprint density at radius 2 is 2.24 bits per heavy atom. The van der Waals surface area contributed by atoms with Gasteiger partial charge in [-0.3, -0.25) is 9.48 Å². The third-order valence-electron chi connectivity index (χ3n) is 3.78. The molecule has 0 radical (unpaired) electrons. The molecule has 1 fully saturated rings. The van der Waals surface area contributed by atoms with Crippen molar-refractivity contribution in [1.82, 2.24) is 9.78 Å². The Bertz CT molecular complexity index is 465. The second kappa shape index (κ2) is 4.02. The maximum Gasteiger partial charge on any atom is 0.309 e.